The second-order valence-corrected chi connectivity index (χ2v) is 3.44. The van der Waals surface area contributed by atoms with E-state index in [0.717, 1.165) is 0 Å². The highest BCUT2D eigenvalue weighted by molar-refractivity contribution is 6.32. The van der Waals surface area contributed by atoms with Crippen LogP contribution in [0.15, 0.2) is 18.2 Å². The maximum absolute atomic E-state index is 12.0. The van der Waals surface area contributed by atoms with Crippen LogP contribution in [-0.2, 0) is 11.2 Å². The number of methoxy groups -OCH3 is 1. The minimum Gasteiger partial charge on any atom is -0.495 e. The summed E-state index contributed by atoms with van der Waals surface area (Å²) in [5, 5.41) is 0.176. The van der Waals surface area contributed by atoms with Gasteiger partial charge in [-0.05, 0) is 6.07 Å². The summed E-state index contributed by atoms with van der Waals surface area (Å²) in [6.45, 7) is 0. The molecular weight excluding hydrogens is 245 g/mol. The first-order valence-corrected chi connectivity index (χ1v) is 4.65. The number of hydrogen-bond donors (Lipinski definition) is 0. The van der Waals surface area contributed by atoms with Gasteiger partial charge in [-0.3, -0.25) is 4.79 Å². The number of rotatable bonds is 3. The summed E-state index contributed by atoms with van der Waals surface area (Å²) in [6.07, 6.45) is -5.61. The lowest BCUT2D eigenvalue weighted by atomic mass is 10.1. The minimum atomic E-state index is -4.84. The monoisotopic (exact) mass is 252 g/mol. The Labute approximate surface area is 95.0 Å². The van der Waals surface area contributed by atoms with Crippen molar-refractivity contribution in [1.29, 1.82) is 0 Å². The van der Waals surface area contributed by atoms with E-state index in [1.54, 1.807) is 0 Å². The van der Waals surface area contributed by atoms with Gasteiger partial charge >= 0.3 is 6.18 Å². The summed E-state index contributed by atoms with van der Waals surface area (Å²) in [5.74, 6) is -1.73. The van der Waals surface area contributed by atoms with Crippen LogP contribution in [0.2, 0.25) is 5.02 Å². The number of benzene rings is 1. The van der Waals surface area contributed by atoms with Gasteiger partial charge in [0.2, 0.25) is 5.78 Å². The Morgan fingerprint density at radius 3 is 2.56 bits per heavy atom. The van der Waals surface area contributed by atoms with E-state index in [1.165, 1.54) is 25.3 Å². The second kappa shape index (κ2) is 4.74. The number of halogens is 4. The molecule has 0 heterocycles. The number of ketones is 1. The van der Waals surface area contributed by atoms with Gasteiger partial charge in [0, 0.05) is 12.0 Å². The van der Waals surface area contributed by atoms with Gasteiger partial charge in [-0.1, -0.05) is 23.7 Å². The molecule has 0 aliphatic carbocycles. The first-order valence-electron chi connectivity index (χ1n) is 4.27. The Kier molecular flexibility index (Phi) is 3.80. The Morgan fingerprint density at radius 2 is 2.06 bits per heavy atom. The third kappa shape index (κ3) is 2.88. The molecule has 88 valence electrons. The van der Waals surface area contributed by atoms with Crippen LogP contribution in [-0.4, -0.2) is 19.1 Å². The zero-order chi connectivity index (χ0) is 12.3. The summed E-state index contributed by atoms with van der Waals surface area (Å²) in [6, 6.07) is 4.31. The Bertz CT molecular complexity index is 402. The van der Waals surface area contributed by atoms with Crippen LogP contribution in [0.25, 0.3) is 0 Å². The topological polar surface area (TPSA) is 26.3 Å². The maximum atomic E-state index is 12.0. The van der Waals surface area contributed by atoms with Gasteiger partial charge in [0.25, 0.3) is 0 Å². The molecule has 0 amide bonds. The number of alkyl halides is 3. The number of carbonyl (C=O) groups excluding carboxylic acids is 1. The Morgan fingerprint density at radius 1 is 1.44 bits per heavy atom. The molecular formula is C10H8ClF3O2. The molecule has 1 rings (SSSR count). The second-order valence-electron chi connectivity index (χ2n) is 3.03. The molecule has 6 heteroatoms. The van der Waals surface area contributed by atoms with Gasteiger partial charge in [-0.15, -0.1) is 0 Å². The largest absolute Gasteiger partial charge is 0.495 e. The number of carbonyl (C=O) groups is 1. The third-order valence-corrected chi connectivity index (χ3v) is 2.22. The fraction of sp³-hybridized carbons (Fsp3) is 0.300. The molecule has 0 spiro atoms. The predicted octanol–water partition coefficient (Wildman–Crippen LogP) is 3.02. The molecule has 0 atom stereocenters. The molecule has 16 heavy (non-hydrogen) atoms. The molecule has 0 aliphatic rings. The van der Waals surface area contributed by atoms with E-state index >= 15 is 0 Å². The lowest BCUT2D eigenvalue weighted by Gasteiger charge is -2.10. The van der Waals surface area contributed by atoms with Gasteiger partial charge in [0.05, 0.1) is 12.1 Å². The van der Waals surface area contributed by atoms with Crippen molar-refractivity contribution in [2.45, 2.75) is 12.6 Å². The third-order valence-electron chi connectivity index (χ3n) is 1.92. The zero-order valence-electron chi connectivity index (χ0n) is 8.27. The van der Waals surface area contributed by atoms with E-state index in [1.807, 2.05) is 0 Å². The fourth-order valence-corrected chi connectivity index (χ4v) is 1.47. The molecule has 0 saturated carbocycles. The molecule has 0 aliphatic heterocycles. The summed E-state index contributed by atoms with van der Waals surface area (Å²) < 4.78 is 41.0. The molecule has 0 saturated heterocycles. The van der Waals surface area contributed by atoms with E-state index in [2.05, 4.69) is 0 Å². The van der Waals surface area contributed by atoms with Crippen molar-refractivity contribution in [1.82, 2.24) is 0 Å². The van der Waals surface area contributed by atoms with Crippen LogP contribution < -0.4 is 4.74 Å². The first-order chi connectivity index (χ1) is 7.36. The number of hydrogen-bond acceptors (Lipinski definition) is 2. The van der Waals surface area contributed by atoms with Gasteiger partial charge in [0.1, 0.15) is 5.75 Å². The minimum absolute atomic E-state index is 0.0989. The highest BCUT2D eigenvalue weighted by Crippen LogP contribution is 2.30. The lowest BCUT2D eigenvalue weighted by Crippen LogP contribution is -2.24. The predicted molar refractivity (Wildman–Crippen MR) is 52.8 cm³/mol. The summed E-state index contributed by atoms with van der Waals surface area (Å²) in [4.78, 5) is 10.8. The quantitative estimate of drug-likeness (QED) is 0.827. The van der Waals surface area contributed by atoms with Gasteiger partial charge in [-0.2, -0.15) is 13.2 Å². The number of para-hydroxylation sites is 1. The van der Waals surface area contributed by atoms with E-state index < -0.39 is 18.4 Å². The standard InChI is InChI=1S/C10H8ClF3O2/c1-16-9-6(3-2-4-7(9)11)5-8(15)10(12,13)14/h2-4H,5H2,1H3. The van der Waals surface area contributed by atoms with Crippen molar-refractivity contribution >= 4 is 17.4 Å². The molecule has 0 N–H and O–H groups in total. The SMILES string of the molecule is COc1c(Cl)cccc1CC(=O)C(F)(F)F. The zero-order valence-corrected chi connectivity index (χ0v) is 9.02. The highest BCUT2D eigenvalue weighted by atomic mass is 35.5. The average Bonchev–Trinajstić information content (AvgIpc) is 2.16. The van der Waals surface area contributed by atoms with Gasteiger partial charge in [0.15, 0.2) is 0 Å². The van der Waals surface area contributed by atoms with E-state index in [4.69, 9.17) is 16.3 Å². The summed E-state index contributed by atoms with van der Waals surface area (Å²) in [5.41, 5.74) is 0.123. The first kappa shape index (κ1) is 12.8. The van der Waals surface area contributed by atoms with Crippen molar-refractivity contribution < 1.29 is 22.7 Å². The molecule has 0 aromatic heterocycles. The molecule has 0 fully saturated rings. The van der Waals surface area contributed by atoms with Crippen molar-refractivity contribution in [2.75, 3.05) is 7.11 Å². The average molecular weight is 253 g/mol. The number of Topliss-reactive ketones (excluding diaryl/α,β-unsaturated/α-hetero) is 1. The molecule has 1 aromatic carbocycles. The van der Waals surface area contributed by atoms with E-state index in [0.29, 0.717) is 0 Å². The molecule has 0 radical (unpaired) electrons. The molecule has 1 aromatic rings. The van der Waals surface area contributed by atoms with Crippen molar-refractivity contribution in [2.24, 2.45) is 0 Å². The van der Waals surface area contributed by atoms with Crippen molar-refractivity contribution in [3.63, 3.8) is 0 Å². The van der Waals surface area contributed by atoms with E-state index in [9.17, 15) is 18.0 Å². The van der Waals surface area contributed by atoms with Crippen molar-refractivity contribution in [3.8, 4) is 5.75 Å². The van der Waals surface area contributed by atoms with Crippen LogP contribution in [0.5, 0.6) is 5.75 Å². The van der Waals surface area contributed by atoms with E-state index in [-0.39, 0.29) is 16.3 Å². The highest BCUT2D eigenvalue weighted by Gasteiger charge is 2.38. The summed E-state index contributed by atoms with van der Waals surface area (Å²) in [7, 11) is 1.28. The lowest BCUT2D eigenvalue weighted by molar-refractivity contribution is -0.170. The van der Waals surface area contributed by atoms with Crippen LogP contribution in [0, 0.1) is 0 Å². The van der Waals surface area contributed by atoms with Gasteiger partial charge in [-0.25, -0.2) is 0 Å². The van der Waals surface area contributed by atoms with Crippen LogP contribution in [0.1, 0.15) is 5.56 Å². The molecule has 0 bridgehead atoms. The normalized spacial score (nSPS) is 11.3. The van der Waals surface area contributed by atoms with Gasteiger partial charge < -0.3 is 4.74 Å². The number of ether oxygens (including phenoxy) is 1. The smallest absolute Gasteiger partial charge is 0.450 e. The Hall–Kier alpha value is -1.23. The maximum Gasteiger partial charge on any atom is 0.450 e. The van der Waals surface area contributed by atoms with Crippen LogP contribution in [0.4, 0.5) is 13.2 Å². The summed E-state index contributed by atoms with van der Waals surface area (Å²) >= 11 is 5.71. The molecule has 2 nitrogen and oxygen atoms in total. The fourth-order valence-electron chi connectivity index (χ4n) is 1.19. The Balaban J connectivity index is 2.98. The van der Waals surface area contributed by atoms with Crippen LogP contribution in [0.3, 0.4) is 0 Å². The van der Waals surface area contributed by atoms with Crippen LogP contribution >= 0.6 is 11.6 Å². The molecule has 0 unspecified atom stereocenters. The van der Waals surface area contributed by atoms with Crippen molar-refractivity contribution in [3.05, 3.63) is 28.8 Å².